The number of carbonyl (C=O) groups is 2. The van der Waals surface area contributed by atoms with E-state index in [-0.39, 0.29) is 22.8 Å². The third kappa shape index (κ3) is 4.51. The van der Waals surface area contributed by atoms with Gasteiger partial charge in [0.25, 0.3) is 5.91 Å². The van der Waals surface area contributed by atoms with E-state index in [0.29, 0.717) is 19.5 Å². The van der Waals surface area contributed by atoms with Crippen molar-refractivity contribution in [3.05, 3.63) is 46.4 Å². The Balaban J connectivity index is 1.85. The zero-order valence-corrected chi connectivity index (χ0v) is 16.7. The molecule has 1 aromatic heterocycles. The van der Waals surface area contributed by atoms with Crippen LogP contribution in [-0.4, -0.2) is 39.0 Å². The zero-order valence-electron chi connectivity index (χ0n) is 16.0. The number of hydrogen-bond donors (Lipinski definition) is 2. The average Bonchev–Trinajstić information content (AvgIpc) is 2.60. The molecule has 1 aromatic carbocycles. The smallest absolute Gasteiger partial charge is 0.410 e. The molecule has 1 aliphatic rings. The fraction of sp³-hybridized carbons (Fsp3) is 0.368. The van der Waals surface area contributed by atoms with Crippen molar-refractivity contribution in [2.75, 3.05) is 11.9 Å². The predicted molar refractivity (Wildman–Crippen MR) is 106 cm³/mol. The summed E-state index contributed by atoms with van der Waals surface area (Å²) in [6, 6.07) is 5.70. The Kier molecular flexibility index (Phi) is 5.42. The zero-order chi connectivity index (χ0) is 20.5. The number of nitrogens with one attached hydrogen (secondary N) is 1. The third-order valence-electron chi connectivity index (χ3n) is 4.20. The first-order valence-electron chi connectivity index (χ1n) is 8.82. The van der Waals surface area contributed by atoms with Crippen molar-refractivity contribution in [2.45, 2.75) is 39.3 Å². The first kappa shape index (κ1) is 19.9. The van der Waals surface area contributed by atoms with Crippen LogP contribution in [0.1, 0.15) is 42.3 Å². The van der Waals surface area contributed by atoms with Crippen molar-refractivity contribution in [1.29, 1.82) is 0 Å². The molecular weight excluding hydrogens is 382 g/mol. The monoisotopic (exact) mass is 403 g/mol. The SMILES string of the molecule is CC(C)(C)OC(=O)N1CCc2c(cccc2Nc2nc(Cl)ncc2C(N)=O)C1. The summed E-state index contributed by atoms with van der Waals surface area (Å²) in [5, 5.41) is 3.14. The summed E-state index contributed by atoms with van der Waals surface area (Å²) in [7, 11) is 0. The molecule has 0 radical (unpaired) electrons. The van der Waals surface area contributed by atoms with Crippen molar-refractivity contribution in [1.82, 2.24) is 14.9 Å². The molecule has 0 atom stereocenters. The fourth-order valence-electron chi connectivity index (χ4n) is 2.97. The topological polar surface area (TPSA) is 110 Å². The van der Waals surface area contributed by atoms with Crippen molar-refractivity contribution in [2.24, 2.45) is 5.73 Å². The molecule has 3 N–H and O–H groups in total. The van der Waals surface area contributed by atoms with Gasteiger partial charge in [-0.2, -0.15) is 4.98 Å². The van der Waals surface area contributed by atoms with Crippen LogP contribution in [0.5, 0.6) is 0 Å². The van der Waals surface area contributed by atoms with E-state index in [9.17, 15) is 9.59 Å². The number of aromatic nitrogens is 2. The van der Waals surface area contributed by atoms with E-state index in [2.05, 4.69) is 15.3 Å². The molecule has 2 heterocycles. The normalized spacial score (nSPS) is 13.6. The minimum Gasteiger partial charge on any atom is -0.444 e. The highest BCUT2D eigenvalue weighted by molar-refractivity contribution is 6.28. The van der Waals surface area contributed by atoms with Crippen LogP contribution in [0.2, 0.25) is 5.28 Å². The van der Waals surface area contributed by atoms with E-state index < -0.39 is 11.5 Å². The van der Waals surface area contributed by atoms with Crippen molar-refractivity contribution >= 4 is 35.1 Å². The van der Waals surface area contributed by atoms with Crippen molar-refractivity contribution in [3.8, 4) is 0 Å². The molecule has 3 rings (SSSR count). The molecule has 0 saturated heterocycles. The molecule has 2 aromatic rings. The van der Waals surface area contributed by atoms with Crippen LogP contribution in [0.3, 0.4) is 0 Å². The average molecular weight is 404 g/mol. The molecule has 28 heavy (non-hydrogen) atoms. The van der Waals surface area contributed by atoms with Crippen LogP contribution in [0.25, 0.3) is 0 Å². The van der Waals surface area contributed by atoms with Gasteiger partial charge in [-0.15, -0.1) is 0 Å². The van der Waals surface area contributed by atoms with Crippen molar-refractivity contribution < 1.29 is 14.3 Å². The summed E-state index contributed by atoms with van der Waals surface area (Å²) >= 11 is 5.87. The Bertz CT molecular complexity index is 926. The molecule has 0 spiro atoms. The Hall–Kier alpha value is -2.87. The summed E-state index contributed by atoms with van der Waals surface area (Å²) in [6.45, 7) is 6.48. The lowest BCUT2D eigenvalue weighted by atomic mass is 9.98. The minimum atomic E-state index is -0.653. The van der Waals surface area contributed by atoms with E-state index in [1.165, 1.54) is 6.20 Å². The molecule has 1 aliphatic heterocycles. The van der Waals surface area contributed by atoms with Crippen LogP contribution in [0.15, 0.2) is 24.4 Å². The number of nitrogens with zero attached hydrogens (tertiary/aromatic N) is 3. The molecule has 0 bridgehead atoms. The Labute approximate surface area is 168 Å². The number of anilines is 2. The van der Waals surface area contributed by atoms with Gasteiger partial charge in [-0.05, 0) is 56.0 Å². The molecule has 9 heteroatoms. The van der Waals surface area contributed by atoms with E-state index in [0.717, 1.165) is 16.8 Å². The maximum atomic E-state index is 12.4. The van der Waals surface area contributed by atoms with E-state index >= 15 is 0 Å². The van der Waals surface area contributed by atoms with Crippen LogP contribution in [0.4, 0.5) is 16.3 Å². The summed E-state index contributed by atoms with van der Waals surface area (Å²) in [4.78, 5) is 33.6. The second-order valence-corrected chi connectivity index (χ2v) is 7.82. The Morgan fingerprint density at radius 1 is 1.32 bits per heavy atom. The molecule has 0 fully saturated rings. The van der Waals surface area contributed by atoms with Gasteiger partial charge in [-0.25, -0.2) is 9.78 Å². The number of carbonyl (C=O) groups excluding carboxylic acids is 2. The second kappa shape index (κ2) is 7.63. The molecule has 8 nitrogen and oxygen atoms in total. The van der Waals surface area contributed by atoms with Gasteiger partial charge in [-0.1, -0.05) is 12.1 Å². The van der Waals surface area contributed by atoms with Crippen LogP contribution < -0.4 is 11.1 Å². The molecule has 2 amide bonds. The third-order valence-corrected chi connectivity index (χ3v) is 4.38. The van der Waals surface area contributed by atoms with Crippen LogP contribution in [-0.2, 0) is 17.7 Å². The number of benzene rings is 1. The van der Waals surface area contributed by atoms with Crippen LogP contribution >= 0.6 is 11.6 Å². The number of hydrogen-bond acceptors (Lipinski definition) is 6. The highest BCUT2D eigenvalue weighted by atomic mass is 35.5. The maximum absolute atomic E-state index is 12.4. The Morgan fingerprint density at radius 3 is 2.75 bits per heavy atom. The highest BCUT2D eigenvalue weighted by Gasteiger charge is 2.27. The van der Waals surface area contributed by atoms with Crippen LogP contribution in [0, 0.1) is 0 Å². The first-order valence-corrected chi connectivity index (χ1v) is 9.20. The Morgan fingerprint density at radius 2 is 2.07 bits per heavy atom. The van der Waals surface area contributed by atoms with E-state index in [4.69, 9.17) is 22.1 Å². The minimum absolute atomic E-state index is 0.00778. The van der Waals surface area contributed by atoms with Gasteiger partial charge in [0.1, 0.15) is 17.0 Å². The summed E-state index contributed by atoms with van der Waals surface area (Å²) in [5.41, 5.74) is 7.80. The second-order valence-electron chi connectivity index (χ2n) is 7.49. The number of fused-ring (bicyclic) bond motifs is 1. The van der Waals surface area contributed by atoms with Gasteiger partial charge < -0.3 is 20.7 Å². The number of amides is 2. The van der Waals surface area contributed by atoms with Crippen molar-refractivity contribution in [3.63, 3.8) is 0 Å². The summed E-state index contributed by atoms with van der Waals surface area (Å²) in [6.07, 6.45) is 1.58. The number of nitrogens with two attached hydrogens (primary N) is 1. The molecule has 0 saturated carbocycles. The van der Waals surface area contributed by atoms with Gasteiger partial charge in [0.05, 0.1) is 0 Å². The van der Waals surface area contributed by atoms with E-state index in [1.54, 1.807) is 4.90 Å². The number of rotatable bonds is 3. The molecule has 148 valence electrons. The largest absolute Gasteiger partial charge is 0.444 e. The number of ether oxygens (including phenoxy) is 1. The van der Waals surface area contributed by atoms with Gasteiger partial charge >= 0.3 is 6.09 Å². The predicted octanol–water partition coefficient (Wildman–Crippen LogP) is 3.27. The first-order chi connectivity index (χ1) is 13.1. The number of primary amides is 1. The fourth-order valence-corrected chi connectivity index (χ4v) is 3.11. The lowest BCUT2D eigenvalue weighted by Gasteiger charge is -2.32. The lowest BCUT2D eigenvalue weighted by Crippen LogP contribution is -2.40. The standard InChI is InChI=1S/C19H22ClN5O3/c1-19(2,3)28-18(27)25-8-7-12-11(10-25)5-4-6-14(12)23-16-13(15(21)26)9-22-17(20)24-16/h4-6,9H,7-8,10H2,1-3H3,(H2,21,26)(H,22,23,24). The van der Waals surface area contributed by atoms with Gasteiger partial charge in [-0.3, -0.25) is 4.79 Å². The lowest BCUT2D eigenvalue weighted by molar-refractivity contribution is 0.0224. The van der Waals surface area contributed by atoms with E-state index in [1.807, 2.05) is 39.0 Å². The summed E-state index contributed by atoms with van der Waals surface area (Å²) in [5.74, 6) is -0.407. The molecule has 0 unspecified atom stereocenters. The molecular formula is C19H22ClN5O3. The van der Waals surface area contributed by atoms with Gasteiger partial charge in [0.2, 0.25) is 5.28 Å². The molecule has 0 aliphatic carbocycles. The van der Waals surface area contributed by atoms with Gasteiger partial charge in [0.15, 0.2) is 0 Å². The quantitative estimate of drug-likeness (QED) is 0.761. The van der Waals surface area contributed by atoms with Gasteiger partial charge in [0, 0.05) is 25.0 Å². The summed E-state index contributed by atoms with van der Waals surface area (Å²) < 4.78 is 5.46. The highest BCUT2D eigenvalue weighted by Crippen LogP contribution is 2.30. The number of halogens is 1. The maximum Gasteiger partial charge on any atom is 0.410 e.